The fourth-order valence-electron chi connectivity index (χ4n) is 3.45. The highest BCUT2D eigenvalue weighted by atomic mass is 16.5. The van der Waals surface area contributed by atoms with Crippen molar-refractivity contribution in [3.05, 3.63) is 29.3 Å². The molecule has 0 aromatic heterocycles. The van der Waals surface area contributed by atoms with Crippen LogP contribution in [-0.4, -0.2) is 31.9 Å². The number of benzene rings is 1. The van der Waals surface area contributed by atoms with Crippen molar-refractivity contribution in [2.45, 2.75) is 57.7 Å². The number of nitrogens with one attached hydrogen (secondary N) is 2. The summed E-state index contributed by atoms with van der Waals surface area (Å²) in [5.74, 6) is 1.52. The van der Waals surface area contributed by atoms with Crippen LogP contribution in [0.3, 0.4) is 0 Å². The molecule has 0 radical (unpaired) electrons. The number of rotatable bonds is 5. The molecule has 3 rings (SSSR count). The lowest BCUT2D eigenvalue weighted by Gasteiger charge is -2.30. The van der Waals surface area contributed by atoms with E-state index >= 15 is 0 Å². The SMILES string of the molecule is COc1ccc(C)cc1[C@H](C)NC(=O)N[C@H]1CCO[C@H](C2CC2)C1. The van der Waals surface area contributed by atoms with Gasteiger partial charge in [-0.05, 0) is 51.5 Å². The molecule has 1 aliphatic heterocycles. The topological polar surface area (TPSA) is 59.6 Å². The number of ether oxygens (including phenoxy) is 2. The van der Waals surface area contributed by atoms with Gasteiger partial charge in [-0.1, -0.05) is 17.7 Å². The molecule has 1 heterocycles. The Kier molecular flexibility index (Phi) is 5.29. The predicted octanol–water partition coefficient (Wildman–Crippen LogP) is 3.32. The number of carbonyl (C=O) groups excluding carboxylic acids is 1. The van der Waals surface area contributed by atoms with Crippen LogP contribution in [-0.2, 0) is 4.74 Å². The van der Waals surface area contributed by atoms with Gasteiger partial charge >= 0.3 is 6.03 Å². The third-order valence-electron chi connectivity index (χ3n) is 5.00. The van der Waals surface area contributed by atoms with Crippen molar-refractivity contribution in [3.63, 3.8) is 0 Å². The summed E-state index contributed by atoms with van der Waals surface area (Å²) in [5.41, 5.74) is 2.15. The van der Waals surface area contributed by atoms with Gasteiger partial charge in [0.15, 0.2) is 0 Å². The minimum absolute atomic E-state index is 0.112. The van der Waals surface area contributed by atoms with Crippen LogP contribution >= 0.6 is 0 Å². The Labute approximate surface area is 144 Å². The average molecular weight is 332 g/mol. The van der Waals surface area contributed by atoms with Gasteiger partial charge in [0, 0.05) is 18.2 Å². The molecule has 2 fully saturated rings. The smallest absolute Gasteiger partial charge is 0.315 e. The van der Waals surface area contributed by atoms with E-state index in [-0.39, 0.29) is 18.1 Å². The number of urea groups is 1. The maximum Gasteiger partial charge on any atom is 0.315 e. The van der Waals surface area contributed by atoms with E-state index in [9.17, 15) is 4.79 Å². The Morgan fingerprint density at radius 3 is 2.83 bits per heavy atom. The molecule has 5 heteroatoms. The Bertz CT molecular complexity index is 586. The van der Waals surface area contributed by atoms with Crippen LogP contribution in [0.25, 0.3) is 0 Å². The van der Waals surface area contributed by atoms with E-state index in [1.54, 1.807) is 7.11 Å². The minimum Gasteiger partial charge on any atom is -0.496 e. The summed E-state index contributed by atoms with van der Waals surface area (Å²) in [6, 6.07) is 5.98. The summed E-state index contributed by atoms with van der Waals surface area (Å²) in [7, 11) is 1.65. The molecule has 5 nitrogen and oxygen atoms in total. The number of methoxy groups -OCH3 is 1. The standard InChI is InChI=1S/C19H28N2O3/c1-12-4-7-17(23-3)16(10-12)13(2)20-19(22)21-15-8-9-24-18(11-15)14-5-6-14/h4,7,10,13-15,18H,5-6,8-9,11H2,1-3H3,(H2,20,21,22)/t13-,15-,18-/m0/s1. The Morgan fingerprint density at radius 1 is 1.33 bits per heavy atom. The Hall–Kier alpha value is -1.75. The zero-order valence-corrected chi connectivity index (χ0v) is 14.8. The molecule has 2 N–H and O–H groups in total. The first-order valence-corrected chi connectivity index (χ1v) is 8.90. The van der Waals surface area contributed by atoms with Gasteiger partial charge in [-0.2, -0.15) is 0 Å². The Balaban J connectivity index is 1.55. The summed E-state index contributed by atoms with van der Waals surface area (Å²) >= 11 is 0. The molecule has 1 saturated heterocycles. The fraction of sp³-hybridized carbons (Fsp3) is 0.632. The summed E-state index contributed by atoms with van der Waals surface area (Å²) in [6.07, 6.45) is 4.69. The number of aryl methyl sites for hydroxylation is 1. The number of hydrogen-bond acceptors (Lipinski definition) is 3. The third kappa shape index (κ3) is 4.20. The van der Waals surface area contributed by atoms with Gasteiger partial charge in [-0.3, -0.25) is 0 Å². The van der Waals surface area contributed by atoms with Crippen LogP contribution in [0.1, 0.15) is 49.8 Å². The van der Waals surface area contributed by atoms with E-state index in [1.807, 2.05) is 26.0 Å². The van der Waals surface area contributed by atoms with Gasteiger partial charge in [0.1, 0.15) is 5.75 Å². The van der Waals surface area contributed by atoms with E-state index < -0.39 is 0 Å². The Morgan fingerprint density at radius 2 is 2.12 bits per heavy atom. The van der Waals surface area contributed by atoms with E-state index in [2.05, 4.69) is 16.7 Å². The molecule has 2 amide bonds. The maximum atomic E-state index is 12.4. The first kappa shape index (κ1) is 17.1. The lowest BCUT2D eigenvalue weighted by Crippen LogP contribution is -2.47. The van der Waals surface area contributed by atoms with Crippen molar-refractivity contribution >= 4 is 6.03 Å². The van der Waals surface area contributed by atoms with Gasteiger partial charge in [0.2, 0.25) is 0 Å². The fourth-order valence-corrected chi connectivity index (χ4v) is 3.45. The van der Waals surface area contributed by atoms with Crippen molar-refractivity contribution in [2.75, 3.05) is 13.7 Å². The molecule has 1 aromatic carbocycles. The molecule has 1 aromatic rings. The lowest BCUT2D eigenvalue weighted by atomic mass is 10.0. The monoisotopic (exact) mass is 332 g/mol. The normalized spacial score (nSPS) is 25.0. The van der Waals surface area contributed by atoms with Crippen LogP contribution < -0.4 is 15.4 Å². The zero-order chi connectivity index (χ0) is 17.1. The van der Waals surface area contributed by atoms with E-state index in [4.69, 9.17) is 9.47 Å². The van der Waals surface area contributed by atoms with Crippen molar-refractivity contribution in [1.82, 2.24) is 10.6 Å². The number of carbonyl (C=O) groups is 1. The molecule has 0 unspecified atom stereocenters. The molecule has 1 aliphatic carbocycles. The predicted molar refractivity (Wildman–Crippen MR) is 93.3 cm³/mol. The summed E-state index contributed by atoms with van der Waals surface area (Å²) in [4.78, 5) is 12.4. The van der Waals surface area contributed by atoms with Gasteiger partial charge in [-0.25, -0.2) is 4.79 Å². The minimum atomic E-state index is -0.118. The first-order valence-electron chi connectivity index (χ1n) is 8.90. The van der Waals surface area contributed by atoms with Crippen LogP contribution in [0.5, 0.6) is 5.75 Å². The zero-order valence-electron chi connectivity index (χ0n) is 14.8. The van der Waals surface area contributed by atoms with Crippen LogP contribution in [0.2, 0.25) is 0 Å². The highest BCUT2D eigenvalue weighted by Crippen LogP contribution is 2.38. The second kappa shape index (κ2) is 7.43. The maximum absolute atomic E-state index is 12.4. The molecule has 3 atom stereocenters. The van der Waals surface area contributed by atoms with Crippen molar-refractivity contribution in [3.8, 4) is 5.75 Å². The first-order chi connectivity index (χ1) is 11.6. The number of amides is 2. The van der Waals surface area contributed by atoms with Gasteiger partial charge < -0.3 is 20.1 Å². The van der Waals surface area contributed by atoms with Crippen LogP contribution in [0.15, 0.2) is 18.2 Å². The molecule has 0 bridgehead atoms. The van der Waals surface area contributed by atoms with Gasteiger partial charge in [-0.15, -0.1) is 0 Å². The van der Waals surface area contributed by atoms with E-state index in [0.29, 0.717) is 12.0 Å². The average Bonchev–Trinajstić information content (AvgIpc) is 3.40. The summed E-state index contributed by atoms with van der Waals surface area (Å²) in [5, 5.41) is 6.15. The molecule has 132 valence electrons. The number of hydrogen-bond donors (Lipinski definition) is 2. The molecular weight excluding hydrogens is 304 g/mol. The van der Waals surface area contributed by atoms with Crippen molar-refractivity contribution in [2.24, 2.45) is 5.92 Å². The summed E-state index contributed by atoms with van der Waals surface area (Å²) < 4.78 is 11.2. The summed E-state index contributed by atoms with van der Waals surface area (Å²) in [6.45, 7) is 4.76. The molecule has 24 heavy (non-hydrogen) atoms. The van der Waals surface area contributed by atoms with Crippen LogP contribution in [0, 0.1) is 12.8 Å². The van der Waals surface area contributed by atoms with Gasteiger partial charge in [0.05, 0.1) is 19.3 Å². The molecule has 2 aliphatic rings. The van der Waals surface area contributed by atoms with Gasteiger partial charge in [0.25, 0.3) is 0 Å². The van der Waals surface area contributed by atoms with Crippen molar-refractivity contribution < 1.29 is 14.3 Å². The highest BCUT2D eigenvalue weighted by molar-refractivity contribution is 5.75. The largest absolute Gasteiger partial charge is 0.496 e. The highest BCUT2D eigenvalue weighted by Gasteiger charge is 2.36. The quantitative estimate of drug-likeness (QED) is 0.869. The molecule has 1 saturated carbocycles. The second-order valence-electron chi connectivity index (χ2n) is 7.05. The van der Waals surface area contributed by atoms with Crippen molar-refractivity contribution in [1.29, 1.82) is 0 Å². The third-order valence-corrected chi connectivity index (χ3v) is 5.00. The molecule has 0 spiro atoms. The van der Waals surface area contributed by atoms with Crippen LogP contribution in [0.4, 0.5) is 4.79 Å². The van der Waals surface area contributed by atoms with E-state index in [1.165, 1.54) is 12.8 Å². The lowest BCUT2D eigenvalue weighted by molar-refractivity contribution is -0.00917. The van der Waals surface area contributed by atoms with E-state index in [0.717, 1.165) is 36.3 Å². The second-order valence-corrected chi connectivity index (χ2v) is 7.05. The molecular formula is C19H28N2O3.